The van der Waals surface area contributed by atoms with Crippen molar-refractivity contribution in [3.8, 4) is 5.69 Å². The van der Waals surface area contributed by atoms with E-state index in [0.29, 0.717) is 48.4 Å². The van der Waals surface area contributed by atoms with Gasteiger partial charge in [0.1, 0.15) is 6.33 Å². The number of likely N-dealkylation sites (tertiary alicyclic amines) is 1. The number of hydrogen-bond donors (Lipinski definition) is 1. The van der Waals surface area contributed by atoms with Crippen molar-refractivity contribution in [1.82, 2.24) is 19.0 Å². The SMILES string of the molecule is C[C@H](CC(=O)N1CCC(O)(Cn2cnc3c(ccn3-c3ccc(Cl)cc3)c2=O)CC1)c1ccccc1. The molecule has 4 aromatic rings. The molecule has 1 saturated heterocycles. The highest BCUT2D eigenvalue weighted by molar-refractivity contribution is 6.30. The third kappa shape index (κ3) is 4.94. The molecule has 1 N–H and O–H groups in total. The Hall–Kier alpha value is -3.42. The van der Waals surface area contributed by atoms with E-state index in [1.807, 2.05) is 58.1 Å². The maximum absolute atomic E-state index is 13.2. The van der Waals surface area contributed by atoms with E-state index in [1.165, 1.54) is 10.9 Å². The van der Waals surface area contributed by atoms with Gasteiger partial charge in [-0.25, -0.2) is 4.98 Å². The molecule has 2 aromatic carbocycles. The first-order valence-corrected chi connectivity index (χ1v) is 12.6. The summed E-state index contributed by atoms with van der Waals surface area (Å²) in [5.74, 6) is 0.230. The Morgan fingerprint density at radius 3 is 2.47 bits per heavy atom. The fourth-order valence-corrected chi connectivity index (χ4v) is 5.04. The number of rotatable bonds is 6. The first-order valence-electron chi connectivity index (χ1n) is 12.2. The van der Waals surface area contributed by atoms with Gasteiger partial charge in [0.05, 0.1) is 17.5 Å². The maximum Gasteiger partial charge on any atom is 0.262 e. The highest BCUT2D eigenvalue weighted by Crippen LogP contribution is 2.27. The van der Waals surface area contributed by atoms with E-state index < -0.39 is 5.60 Å². The zero-order chi connectivity index (χ0) is 25.3. The zero-order valence-electron chi connectivity index (χ0n) is 20.2. The summed E-state index contributed by atoms with van der Waals surface area (Å²) < 4.78 is 3.32. The Balaban J connectivity index is 1.25. The van der Waals surface area contributed by atoms with Crippen molar-refractivity contribution in [2.45, 2.75) is 44.2 Å². The van der Waals surface area contributed by atoms with E-state index in [0.717, 1.165) is 11.3 Å². The number of aromatic nitrogens is 3. The average molecular weight is 505 g/mol. The third-order valence-corrected chi connectivity index (χ3v) is 7.39. The first-order chi connectivity index (χ1) is 17.3. The van der Waals surface area contributed by atoms with Gasteiger partial charge in [-0.3, -0.25) is 14.2 Å². The first kappa shape index (κ1) is 24.3. The molecule has 1 amide bonds. The van der Waals surface area contributed by atoms with Gasteiger partial charge in [0.25, 0.3) is 5.56 Å². The van der Waals surface area contributed by atoms with E-state index in [9.17, 15) is 14.7 Å². The van der Waals surface area contributed by atoms with Crippen LogP contribution < -0.4 is 5.56 Å². The summed E-state index contributed by atoms with van der Waals surface area (Å²) in [6.07, 6.45) is 4.56. The Morgan fingerprint density at radius 1 is 1.08 bits per heavy atom. The molecule has 8 heteroatoms. The number of benzene rings is 2. The summed E-state index contributed by atoms with van der Waals surface area (Å²) in [5, 5.41) is 12.4. The van der Waals surface area contributed by atoms with Crippen LogP contribution in [0.25, 0.3) is 16.7 Å². The fourth-order valence-electron chi connectivity index (χ4n) is 4.91. The highest BCUT2D eigenvalue weighted by atomic mass is 35.5. The molecular formula is C28H29ClN4O3. The van der Waals surface area contributed by atoms with Crippen LogP contribution in [0.2, 0.25) is 5.02 Å². The Kier molecular flexibility index (Phi) is 6.69. The number of carbonyl (C=O) groups is 1. The average Bonchev–Trinajstić information content (AvgIpc) is 3.32. The number of amides is 1. The molecule has 1 aliphatic rings. The van der Waals surface area contributed by atoms with Crippen LogP contribution in [0.3, 0.4) is 0 Å². The van der Waals surface area contributed by atoms with Crippen molar-refractivity contribution < 1.29 is 9.90 Å². The topological polar surface area (TPSA) is 80.4 Å². The Morgan fingerprint density at radius 2 is 1.78 bits per heavy atom. The van der Waals surface area contributed by atoms with Crippen molar-refractivity contribution in [3.05, 3.63) is 94.1 Å². The normalized spacial score (nSPS) is 16.2. The van der Waals surface area contributed by atoms with E-state index >= 15 is 0 Å². The van der Waals surface area contributed by atoms with Crippen molar-refractivity contribution in [2.24, 2.45) is 0 Å². The van der Waals surface area contributed by atoms with Crippen LogP contribution >= 0.6 is 11.6 Å². The molecule has 1 atom stereocenters. The minimum atomic E-state index is -1.07. The largest absolute Gasteiger partial charge is 0.388 e. The molecule has 0 unspecified atom stereocenters. The Labute approximate surface area is 214 Å². The van der Waals surface area contributed by atoms with Crippen LogP contribution in [0.15, 0.2) is 78.0 Å². The van der Waals surface area contributed by atoms with Crippen molar-refractivity contribution in [2.75, 3.05) is 13.1 Å². The molecular weight excluding hydrogens is 476 g/mol. The van der Waals surface area contributed by atoms with Gasteiger partial charge >= 0.3 is 0 Å². The molecule has 0 spiro atoms. The number of nitrogens with zero attached hydrogens (tertiary/aromatic N) is 4. The molecule has 7 nitrogen and oxygen atoms in total. The monoisotopic (exact) mass is 504 g/mol. The van der Waals surface area contributed by atoms with Crippen molar-refractivity contribution in [1.29, 1.82) is 0 Å². The predicted molar refractivity (Wildman–Crippen MR) is 141 cm³/mol. The lowest BCUT2D eigenvalue weighted by Gasteiger charge is -2.38. The standard InChI is InChI=1S/C28H29ClN4O3/c1-20(21-5-3-2-4-6-21)17-25(34)31-15-12-28(36,13-16-31)18-32-19-30-26-24(27(32)35)11-14-33(26)23-9-7-22(29)8-10-23/h2-11,14,19-20,36H,12-13,15-18H2,1H3/t20-/m1/s1. The second-order valence-corrected chi connectivity index (χ2v) is 10.1. The number of halogens is 1. The Bertz CT molecular complexity index is 1420. The minimum Gasteiger partial charge on any atom is -0.388 e. The number of hydrogen-bond acceptors (Lipinski definition) is 4. The van der Waals surface area contributed by atoms with Gasteiger partial charge in [-0.1, -0.05) is 48.9 Å². The van der Waals surface area contributed by atoms with Gasteiger partial charge in [0.2, 0.25) is 5.91 Å². The smallest absolute Gasteiger partial charge is 0.262 e. The molecule has 0 saturated carbocycles. The van der Waals surface area contributed by atoms with Gasteiger partial charge in [0, 0.05) is 36.4 Å². The lowest BCUT2D eigenvalue weighted by atomic mass is 9.90. The van der Waals surface area contributed by atoms with Crippen LogP contribution in [0.1, 0.15) is 37.7 Å². The van der Waals surface area contributed by atoms with Gasteiger partial charge in [-0.15, -0.1) is 0 Å². The van der Waals surface area contributed by atoms with Crippen LogP contribution in [-0.4, -0.2) is 48.7 Å². The minimum absolute atomic E-state index is 0.0946. The molecule has 1 fully saturated rings. The predicted octanol–water partition coefficient (Wildman–Crippen LogP) is 4.39. The molecule has 1 aliphatic heterocycles. The van der Waals surface area contributed by atoms with Crippen LogP contribution in [0.5, 0.6) is 0 Å². The second-order valence-electron chi connectivity index (χ2n) is 9.70. The quantitative estimate of drug-likeness (QED) is 0.422. The third-order valence-electron chi connectivity index (χ3n) is 7.14. The summed E-state index contributed by atoms with van der Waals surface area (Å²) in [6, 6.07) is 19.1. The van der Waals surface area contributed by atoms with Gasteiger partial charge in [-0.2, -0.15) is 0 Å². The summed E-state index contributed by atoms with van der Waals surface area (Å²) in [6.45, 7) is 3.13. The summed E-state index contributed by atoms with van der Waals surface area (Å²) >= 11 is 5.99. The number of fused-ring (bicyclic) bond motifs is 1. The van der Waals surface area contributed by atoms with E-state index in [-0.39, 0.29) is 23.9 Å². The molecule has 0 bridgehead atoms. The van der Waals surface area contributed by atoms with Gasteiger partial charge in [0.15, 0.2) is 5.65 Å². The molecule has 36 heavy (non-hydrogen) atoms. The second kappa shape index (κ2) is 9.91. The fraction of sp³-hybridized carbons (Fsp3) is 0.321. The molecule has 5 rings (SSSR count). The van der Waals surface area contributed by atoms with Crippen LogP contribution in [-0.2, 0) is 11.3 Å². The summed E-state index contributed by atoms with van der Waals surface area (Å²) in [7, 11) is 0. The lowest BCUT2D eigenvalue weighted by molar-refractivity contribution is -0.136. The molecule has 0 radical (unpaired) electrons. The molecule has 0 aliphatic carbocycles. The summed E-state index contributed by atoms with van der Waals surface area (Å²) in [5.41, 5.74) is 1.29. The summed E-state index contributed by atoms with van der Waals surface area (Å²) in [4.78, 5) is 32.4. The molecule has 3 heterocycles. The molecule has 186 valence electrons. The molecule has 2 aromatic heterocycles. The van der Waals surface area contributed by atoms with Gasteiger partial charge < -0.3 is 14.6 Å². The van der Waals surface area contributed by atoms with E-state index in [2.05, 4.69) is 11.9 Å². The van der Waals surface area contributed by atoms with Gasteiger partial charge in [-0.05, 0) is 54.7 Å². The van der Waals surface area contributed by atoms with E-state index in [1.54, 1.807) is 18.2 Å². The van der Waals surface area contributed by atoms with Crippen LogP contribution in [0, 0.1) is 0 Å². The lowest BCUT2D eigenvalue weighted by Crippen LogP contribution is -2.49. The number of piperidine rings is 1. The van der Waals surface area contributed by atoms with Crippen LogP contribution in [0.4, 0.5) is 0 Å². The van der Waals surface area contributed by atoms with Crippen molar-refractivity contribution in [3.63, 3.8) is 0 Å². The number of aliphatic hydroxyl groups is 1. The zero-order valence-corrected chi connectivity index (χ0v) is 20.9. The number of carbonyl (C=O) groups excluding carboxylic acids is 1. The highest BCUT2D eigenvalue weighted by Gasteiger charge is 2.35. The van der Waals surface area contributed by atoms with E-state index in [4.69, 9.17) is 11.6 Å². The van der Waals surface area contributed by atoms with Crippen molar-refractivity contribution >= 4 is 28.5 Å². The maximum atomic E-state index is 13.2.